The molecular formula is C19H16N2O. The lowest BCUT2D eigenvalue weighted by Crippen LogP contribution is -1.77. The van der Waals surface area contributed by atoms with Crippen LogP contribution in [0.25, 0.3) is 11.1 Å². The van der Waals surface area contributed by atoms with Crippen LogP contribution in [0.15, 0.2) is 83.0 Å². The molecule has 3 heteroatoms. The molecule has 0 bridgehead atoms. The molecule has 3 aromatic rings. The van der Waals surface area contributed by atoms with E-state index in [1.54, 1.807) is 6.07 Å². The van der Waals surface area contributed by atoms with E-state index >= 15 is 0 Å². The van der Waals surface area contributed by atoms with Crippen molar-refractivity contribution in [1.82, 2.24) is 0 Å². The highest BCUT2D eigenvalue weighted by molar-refractivity contribution is 5.70. The molecule has 0 atom stereocenters. The molecule has 0 saturated heterocycles. The van der Waals surface area contributed by atoms with E-state index in [1.807, 2.05) is 73.7 Å². The number of phenols is 1. The minimum atomic E-state index is 0.121. The van der Waals surface area contributed by atoms with E-state index in [-0.39, 0.29) is 5.75 Å². The van der Waals surface area contributed by atoms with Crippen LogP contribution in [0.5, 0.6) is 5.75 Å². The lowest BCUT2D eigenvalue weighted by molar-refractivity contribution is 0.476. The van der Waals surface area contributed by atoms with Crippen molar-refractivity contribution >= 4 is 11.4 Å². The maximum atomic E-state index is 9.95. The van der Waals surface area contributed by atoms with Crippen LogP contribution in [0.4, 0.5) is 11.4 Å². The Morgan fingerprint density at radius 3 is 2.18 bits per heavy atom. The van der Waals surface area contributed by atoms with Crippen LogP contribution < -0.4 is 0 Å². The zero-order chi connectivity index (χ0) is 15.4. The predicted molar refractivity (Wildman–Crippen MR) is 88.9 cm³/mol. The van der Waals surface area contributed by atoms with Crippen molar-refractivity contribution in [2.45, 2.75) is 6.92 Å². The number of rotatable bonds is 3. The summed E-state index contributed by atoms with van der Waals surface area (Å²) in [7, 11) is 0. The largest absolute Gasteiger partial charge is 0.506 e. The topological polar surface area (TPSA) is 45.0 Å². The minimum absolute atomic E-state index is 0.121. The number of benzene rings is 3. The summed E-state index contributed by atoms with van der Waals surface area (Å²) in [6, 6.07) is 23.1. The van der Waals surface area contributed by atoms with Gasteiger partial charge in [-0.1, -0.05) is 54.1 Å². The number of hydrogen-bond donors (Lipinski definition) is 1. The summed E-state index contributed by atoms with van der Waals surface area (Å²) in [6.07, 6.45) is 0. The van der Waals surface area contributed by atoms with E-state index in [9.17, 15) is 5.11 Å². The third kappa shape index (κ3) is 3.20. The van der Waals surface area contributed by atoms with Crippen molar-refractivity contribution in [3.8, 4) is 16.9 Å². The van der Waals surface area contributed by atoms with Crippen molar-refractivity contribution in [1.29, 1.82) is 0 Å². The zero-order valence-electron chi connectivity index (χ0n) is 12.3. The molecule has 3 nitrogen and oxygen atoms in total. The average molecular weight is 288 g/mol. The molecule has 22 heavy (non-hydrogen) atoms. The molecule has 0 spiro atoms. The summed E-state index contributed by atoms with van der Waals surface area (Å²) in [5.41, 5.74) is 4.47. The van der Waals surface area contributed by atoms with E-state index < -0.39 is 0 Å². The van der Waals surface area contributed by atoms with E-state index in [4.69, 9.17) is 0 Å². The monoisotopic (exact) mass is 288 g/mol. The third-order valence-electron chi connectivity index (χ3n) is 3.39. The number of nitrogens with zero attached hydrogens (tertiary/aromatic N) is 2. The second kappa shape index (κ2) is 6.22. The smallest absolute Gasteiger partial charge is 0.143 e. The molecule has 0 aliphatic carbocycles. The SMILES string of the molecule is Cc1ccc(N=Nc2cc(-c3ccccc3)ccc2O)cc1. The fourth-order valence-corrected chi connectivity index (χ4v) is 2.14. The lowest BCUT2D eigenvalue weighted by Gasteiger charge is -2.04. The fraction of sp³-hybridized carbons (Fsp3) is 0.0526. The molecule has 0 heterocycles. The van der Waals surface area contributed by atoms with Crippen LogP contribution in [0.2, 0.25) is 0 Å². The van der Waals surface area contributed by atoms with Gasteiger partial charge in [-0.25, -0.2) is 0 Å². The summed E-state index contributed by atoms with van der Waals surface area (Å²) in [4.78, 5) is 0. The molecule has 0 aliphatic heterocycles. The Morgan fingerprint density at radius 2 is 1.45 bits per heavy atom. The Bertz CT molecular complexity index is 793. The number of aryl methyl sites for hydroxylation is 1. The van der Waals surface area contributed by atoms with Gasteiger partial charge >= 0.3 is 0 Å². The molecule has 0 fully saturated rings. The summed E-state index contributed by atoms with van der Waals surface area (Å²) in [5, 5.41) is 18.3. The Balaban J connectivity index is 1.92. The van der Waals surface area contributed by atoms with Gasteiger partial charge in [-0.05, 0) is 42.3 Å². The first-order chi connectivity index (χ1) is 10.7. The van der Waals surface area contributed by atoms with Gasteiger partial charge in [-0.15, -0.1) is 5.11 Å². The van der Waals surface area contributed by atoms with Crippen molar-refractivity contribution < 1.29 is 5.11 Å². The van der Waals surface area contributed by atoms with Gasteiger partial charge in [0.15, 0.2) is 0 Å². The van der Waals surface area contributed by atoms with Crippen molar-refractivity contribution in [2.75, 3.05) is 0 Å². The normalized spacial score (nSPS) is 11.0. The van der Waals surface area contributed by atoms with Crippen LogP contribution in [0.3, 0.4) is 0 Å². The van der Waals surface area contributed by atoms with Crippen LogP contribution in [0, 0.1) is 6.92 Å². The second-order valence-electron chi connectivity index (χ2n) is 5.11. The van der Waals surface area contributed by atoms with Crippen LogP contribution in [0.1, 0.15) is 5.56 Å². The standard InChI is InChI=1S/C19H16N2O/c1-14-7-10-17(11-8-14)20-21-18-13-16(9-12-19(18)22)15-5-3-2-4-6-15/h2-13,22H,1H3. The fourth-order valence-electron chi connectivity index (χ4n) is 2.14. The Labute approximate surface area is 129 Å². The highest BCUT2D eigenvalue weighted by Gasteiger charge is 2.04. The molecule has 0 radical (unpaired) electrons. The van der Waals surface area contributed by atoms with Gasteiger partial charge in [0.1, 0.15) is 11.4 Å². The number of azo groups is 1. The molecule has 0 unspecified atom stereocenters. The van der Waals surface area contributed by atoms with Gasteiger partial charge in [0.25, 0.3) is 0 Å². The molecular weight excluding hydrogens is 272 g/mol. The van der Waals surface area contributed by atoms with Crippen molar-refractivity contribution in [2.24, 2.45) is 10.2 Å². The summed E-state index contributed by atoms with van der Waals surface area (Å²) in [6.45, 7) is 2.02. The highest BCUT2D eigenvalue weighted by Crippen LogP contribution is 2.33. The van der Waals surface area contributed by atoms with Crippen LogP contribution in [-0.4, -0.2) is 5.11 Å². The Morgan fingerprint density at radius 1 is 0.727 bits per heavy atom. The molecule has 0 aliphatic rings. The van der Waals surface area contributed by atoms with E-state index in [0.29, 0.717) is 5.69 Å². The van der Waals surface area contributed by atoms with Gasteiger partial charge in [0, 0.05) is 0 Å². The van der Waals surface area contributed by atoms with Gasteiger partial charge < -0.3 is 5.11 Å². The lowest BCUT2D eigenvalue weighted by atomic mass is 10.1. The first kappa shape index (κ1) is 14.0. The summed E-state index contributed by atoms with van der Waals surface area (Å²) >= 11 is 0. The predicted octanol–water partition coefficient (Wildman–Crippen LogP) is 5.78. The Hall–Kier alpha value is -2.94. The maximum absolute atomic E-state index is 9.95. The number of aromatic hydroxyl groups is 1. The maximum Gasteiger partial charge on any atom is 0.143 e. The molecule has 3 aromatic carbocycles. The van der Waals surface area contributed by atoms with Gasteiger partial charge in [0.2, 0.25) is 0 Å². The second-order valence-corrected chi connectivity index (χ2v) is 5.11. The summed E-state index contributed by atoms with van der Waals surface area (Å²) in [5.74, 6) is 0.121. The molecule has 0 amide bonds. The first-order valence-corrected chi connectivity index (χ1v) is 7.09. The van der Waals surface area contributed by atoms with Crippen LogP contribution >= 0.6 is 0 Å². The highest BCUT2D eigenvalue weighted by atomic mass is 16.3. The molecule has 0 aromatic heterocycles. The van der Waals surface area contributed by atoms with Gasteiger partial charge in [-0.3, -0.25) is 0 Å². The van der Waals surface area contributed by atoms with E-state index in [1.165, 1.54) is 5.56 Å². The molecule has 0 saturated carbocycles. The number of hydrogen-bond acceptors (Lipinski definition) is 3. The van der Waals surface area contributed by atoms with E-state index in [2.05, 4.69) is 10.2 Å². The summed E-state index contributed by atoms with van der Waals surface area (Å²) < 4.78 is 0. The first-order valence-electron chi connectivity index (χ1n) is 7.09. The van der Waals surface area contributed by atoms with Gasteiger partial charge in [-0.2, -0.15) is 5.11 Å². The quantitative estimate of drug-likeness (QED) is 0.610. The molecule has 1 N–H and O–H groups in total. The van der Waals surface area contributed by atoms with E-state index in [0.717, 1.165) is 16.8 Å². The van der Waals surface area contributed by atoms with Crippen LogP contribution in [-0.2, 0) is 0 Å². The average Bonchev–Trinajstić information content (AvgIpc) is 2.56. The van der Waals surface area contributed by atoms with Crippen molar-refractivity contribution in [3.05, 3.63) is 78.4 Å². The van der Waals surface area contributed by atoms with Gasteiger partial charge in [0.05, 0.1) is 5.69 Å². The van der Waals surface area contributed by atoms with Crippen molar-refractivity contribution in [3.63, 3.8) is 0 Å². The zero-order valence-corrected chi connectivity index (χ0v) is 12.3. The third-order valence-corrected chi connectivity index (χ3v) is 3.39. The molecule has 3 rings (SSSR count). The molecule has 108 valence electrons. The number of phenolic OH excluding ortho intramolecular Hbond substituents is 1. The minimum Gasteiger partial charge on any atom is -0.506 e. The Kier molecular flexibility index (Phi) is 3.97.